The van der Waals surface area contributed by atoms with Gasteiger partial charge in [-0.1, -0.05) is 51.3 Å². The molecule has 0 aromatic heterocycles. The first-order valence-corrected chi connectivity index (χ1v) is 6.39. The number of ether oxygens (including phenoxy) is 1. The molecule has 0 N–H and O–H groups in total. The van der Waals surface area contributed by atoms with Crippen molar-refractivity contribution in [3.8, 4) is 0 Å². The first-order valence-electron chi connectivity index (χ1n) is 6.39. The topological polar surface area (TPSA) is 9.23 Å². The van der Waals surface area contributed by atoms with E-state index in [-0.39, 0.29) is 12.2 Å². The van der Waals surface area contributed by atoms with Gasteiger partial charge in [-0.15, -0.1) is 0 Å². The van der Waals surface area contributed by atoms with E-state index in [1.807, 2.05) is 26.0 Å². The highest BCUT2D eigenvalue weighted by Gasteiger charge is 2.11. The summed E-state index contributed by atoms with van der Waals surface area (Å²) in [6.07, 6.45) is 10.3. The lowest BCUT2D eigenvalue weighted by Gasteiger charge is -2.20. The van der Waals surface area contributed by atoms with E-state index >= 15 is 0 Å². The maximum absolute atomic E-state index is 5.87. The maximum atomic E-state index is 5.87. The summed E-state index contributed by atoms with van der Waals surface area (Å²) in [5, 5.41) is 0. The largest absolute Gasteiger partial charge is 0.366 e. The molecule has 1 heteroatoms. The Morgan fingerprint density at radius 1 is 0.941 bits per heavy atom. The highest BCUT2D eigenvalue weighted by atomic mass is 16.5. The van der Waals surface area contributed by atoms with Crippen molar-refractivity contribution in [2.45, 2.75) is 52.7 Å². The van der Waals surface area contributed by atoms with Crippen LogP contribution in [0.25, 0.3) is 0 Å². The van der Waals surface area contributed by atoms with Crippen molar-refractivity contribution in [2.75, 3.05) is 0 Å². The molecule has 0 bridgehead atoms. The zero-order valence-electron chi connectivity index (χ0n) is 11.7. The molecule has 0 aliphatic rings. The van der Waals surface area contributed by atoms with Gasteiger partial charge in [0.05, 0.1) is 12.2 Å². The SMILES string of the molecule is C=C(C=CCC)C(C)OC(C)C(=C)C=CCC. The molecule has 96 valence electrons. The van der Waals surface area contributed by atoms with Gasteiger partial charge in [0.25, 0.3) is 0 Å². The summed E-state index contributed by atoms with van der Waals surface area (Å²) in [5.41, 5.74) is 2.01. The fourth-order valence-corrected chi connectivity index (χ4v) is 1.29. The average molecular weight is 234 g/mol. The molecule has 0 aromatic rings. The van der Waals surface area contributed by atoms with Gasteiger partial charge < -0.3 is 4.74 Å². The highest BCUT2D eigenvalue weighted by molar-refractivity contribution is 5.21. The predicted molar refractivity (Wildman–Crippen MR) is 77.2 cm³/mol. The molecule has 0 fully saturated rings. The van der Waals surface area contributed by atoms with Crippen molar-refractivity contribution in [1.82, 2.24) is 0 Å². The van der Waals surface area contributed by atoms with Gasteiger partial charge in [0.15, 0.2) is 0 Å². The first-order chi connectivity index (χ1) is 8.02. The normalized spacial score (nSPS) is 15.3. The van der Waals surface area contributed by atoms with Gasteiger partial charge in [0.1, 0.15) is 0 Å². The molecule has 0 heterocycles. The minimum absolute atomic E-state index is 0.0274. The lowest BCUT2D eigenvalue weighted by molar-refractivity contribution is 0.0539. The molecule has 17 heavy (non-hydrogen) atoms. The summed E-state index contributed by atoms with van der Waals surface area (Å²) < 4.78 is 5.87. The van der Waals surface area contributed by atoms with Crippen LogP contribution < -0.4 is 0 Å². The molecular formula is C16H26O. The molecule has 0 aliphatic heterocycles. The van der Waals surface area contributed by atoms with E-state index in [0.717, 1.165) is 24.0 Å². The van der Waals surface area contributed by atoms with Crippen LogP contribution in [-0.4, -0.2) is 12.2 Å². The van der Waals surface area contributed by atoms with Crippen LogP contribution in [0.2, 0.25) is 0 Å². The molecule has 0 aromatic carbocycles. The standard InChI is InChI=1S/C16H26O/c1-7-9-11-13(3)15(5)17-16(6)14(4)12-10-8-2/h9-12,15-16H,3-4,7-8H2,1-2,5-6H3. The smallest absolute Gasteiger partial charge is 0.0799 e. The first kappa shape index (κ1) is 15.9. The number of allylic oxidation sites excluding steroid dienone is 2. The molecule has 1 nitrogen and oxygen atoms in total. The second-order valence-corrected chi connectivity index (χ2v) is 4.19. The molecule has 2 atom stereocenters. The number of hydrogen-bond acceptors (Lipinski definition) is 1. The van der Waals surface area contributed by atoms with E-state index in [0.29, 0.717) is 0 Å². The quantitative estimate of drug-likeness (QED) is 0.547. The lowest BCUT2D eigenvalue weighted by Crippen LogP contribution is -2.19. The lowest BCUT2D eigenvalue weighted by atomic mass is 10.1. The van der Waals surface area contributed by atoms with Gasteiger partial charge in [0.2, 0.25) is 0 Å². The van der Waals surface area contributed by atoms with Gasteiger partial charge in [-0.3, -0.25) is 0 Å². The van der Waals surface area contributed by atoms with Crippen LogP contribution in [0.5, 0.6) is 0 Å². The third-order valence-corrected chi connectivity index (χ3v) is 2.59. The predicted octanol–water partition coefficient (Wildman–Crippen LogP) is 4.82. The summed E-state index contributed by atoms with van der Waals surface area (Å²) in [6.45, 7) is 16.3. The van der Waals surface area contributed by atoms with Crippen LogP contribution in [0, 0.1) is 0 Å². The van der Waals surface area contributed by atoms with E-state index in [2.05, 4.69) is 39.2 Å². The summed E-state index contributed by atoms with van der Waals surface area (Å²) in [4.78, 5) is 0. The molecule has 0 rings (SSSR count). The maximum Gasteiger partial charge on any atom is 0.0799 e. The molecule has 2 unspecified atom stereocenters. The zero-order chi connectivity index (χ0) is 13.3. The van der Waals surface area contributed by atoms with Gasteiger partial charge in [0, 0.05) is 0 Å². The fraction of sp³-hybridized carbons (Fsp3) is 0.500. The Labute approximate surface area is 107 Å². The molecule has 0 spiro atoms. The van der Waals surface area contributed by atoms with E-state index in [1.165, 1.54) is 0 Å². The monoisotopic (exact) mass is 234 g/mol. The molecule has 0 saturated heterocycles. The Hall–Kier alpha value is -1.08. The van der Waals surface area contributed by atoms with Gasteiger partial charge >= 0.3 is 0 Å². The second kappa shape index (κ2) is 9.00. The van der Waals surface area contributed by atoms with Crippen molar-refractivity contribution in [3.63, 3.8) is 0 Å². The van der Waals surface area contributed by atoms with Crippen molar-refractivity contribution >= 4 is 0 Å². The van der Waals surface area contributed by atoms with Gasteiger partial charge in [-0.05, 0) is 37.8 Å². The van der Waals surface area contributed by atoms with E-state index in [4.69, 9.17) is 4.74 Å². The van der Waals surface area contributed by atoms with Crippen molar-refractivity contribution in [1.29, 1.82) is 0 Å². The average Bonchev–Trinajstić information content (AvgIpc) is 2.32. The van der Waals surface area contributed by atoms with Crippen LogP contribution in [0.4, 0.5) is 0 Å². The summed E-state index contributed by atoms with van der Waals surface area (Å²) in [5.74, 6) is 0. The van der Waals surface area contributed by atoms with Crippen LogP contribution in [0.1, 0.15) is 40.5 Å². The van der Waals surface area contributed by atoms with Crippen LogP contribution >= 0.6 is 0 Å². The van der Waals surface area contributed by atoms with E-state index in [9.17, 15) is 0 Å². The summed E-state index contributed by atoms with van der Waals surface area (Å²) >= 11 is 0. The van der Waals surface area contributed by atoms with Gasteiger partial charge in [-0.25, -0.2) is 0 Å². The Kier molecular flexibility index (Phi) is 8.43. The molecular weight excluding hydrogens is 208 g/mol. The van der Waals surface area contributed by atoms with Crippen LogP contribution in [0.3, 0.4) is 0 Å². The van der Waals surface area contributed by atoms with E-state index in [1.54, 1.807) is 0 Å². The Balaban J connectivity index is 4.23. The second-order valence-electron chi connectivity index (χ2n) is 4.19. The van der Waals surface area contributed by atoms with E-state index < -0.39 is 0 Å². The zero-order valence-corrected chi connectivity index (χ0v) is 11.7. The molecule has 0 radical (unpaired) electrons. The van der Waals surface area contributed by atoms with Crippen LogP contribution in [-0.2, 0) is 4.74 Å². The Bertz CT molecular complexity index is 267. The molecule has 0 amide bonds. The summed E-state index contributed by atoms with van der Waals surface area (Å²) in [6, 6.07) is 0. The summed E-state index contributed by atoms with van der Waals surface area (Å²) in [7, 11) is 0. The third-order valence-electron chi connectivity index (χ3n) is 2.59. The highest BCUT2D eigenvalue weighted by Crippen LogP contribution is 2.14. The fourth-order valence-electron chi connectivity index (χ4n) is 1.29. The third kappa shape index (κ3) is 6.96. The van der Waals surface area contributed by atoms with Gasteiger partial charge in [-0.2, -0.15) is 0 Å². The minimum atomic E-state index is 0.0274. The Morgan fingerprint density at radius 2 is 1.29 bits per heavy atom. The Morgan fingerprint density at radius 3 is 1.59 bits per heavy atom. The number of rotatable bonds is 8. The van der Waals surface area contributed by atoms with Crippen molar-refractivity contribution in [3.05, 3.63) is 48.6 Å². The van der Waals surface area contributed by atoms with Crippen molar-refractivity contribution < 1.29 is 4.74 Å². The van der Waals surface area contributed by atoms with Crippen molar-refractivity contribution in [2.24, 2.45) is 0 Å². The minimum Gasteiger partial charge on any atom is -0.366 e. The molecule has 0 saturated carbocycles. The van der Waals surface area contributed by atoms with Crippen LogP contribution in [0.15, 0.2) is 48.6 Å². The molecule has 0 aliphatic carbocycles. The number of hydrogen-bond donors (Lipinski definition) is 0.